The molecule has 0 radical (unpaired) electrons. The molecule has 4 heteroatoms. The van der Waals surface area contributed by atoms with E-state index in [0.717, 1.165) is 5.56 Å². The molecule has 0 aliphatic rings. The zero-order valence-electron chi connectivity index (χ0n) is 9.15. The Morgan fingerprint density at radius 1 is 1.19 bits per heavy atom. The largest absolute Gasteiger partial charge is 0.439 e. The summed E-state index contributed by atoms with van der Waals surface area (Å²) in [5, 5.41) is 0. The number of aromatic nitrogens is 2. The normalized spacial score (nSPS) is 10.1. The third-order valence-corrected chi connectivity index (χ3v) is 2.08. The zero-order chi connectivity index (χ0) is 11.5. The molecule has 0 aliphatic heterocycles. The Labute approximate surface area is 92.9 Å². The van der Waals surface area contributed by atoms with Crippen molar-refractivity contribution >= 4 is 0 Å². The predicted octanol–water partition coefficient (Wildman–Crippen LogP) is 2.18. The molecular formula is C12H12N2O2. The number of rotatable bonds is 2. The monoisotopic (exact) mass is 216 g/mol. The van der Waals surface area contributed by atoms with Gasteiger partial charge in [0, 0.05) is 0 Å². The lowest BCUT2D eigenvalue weighted by Gasteiger charge is -2.04. The summed E-state index contributed by atoms with van der Waals surface area (Å²) in [4.78, 5) is 17.8. The van der Waals surface area contributed by atoms with Gasteiger partial charge in [-0.3, -0.25) is 4.79 Å². The molecule has 16 heavy (non-hydrogen) atoms. The van der Waals surface area contributed by atoms with Crippen LogP contribution in [-0.2, 0) is 0 Å². The molecule has 82 valence electrons. The SMILES string of the molecule is Cc1ccc(Oc2cc(=O)[nH]c(C)n2)cc1. The van der Waals surface area contributed by atoms with Gasteiger partial charge in [-0.25, -0.2) is 4.98 Å². The quantitative estimate of drug-likeness (QED) is 0.837. The molecule has 0 bridgehead atoms. The maximum absolute atomic E-state index is 11.2. The standard InChI is InChI=1S/C12H12N2O2/c1-8-3-5-10(6-4-8)16-12-7-11(15)13-9(2)14-12/h3-7H,1-2H3,(H,13,14,15). The predicted molar refractivity (Wildman–Crippen MR) is 60.8 cm³/mol. The van der Waals surface area contributed by atoms with Crippen LogP contribution in [0.15, 0.2) is 35.1 Å². The summed E-state index contributed by atoms with van der Waals surface area (Å²) in [5.74, 6) is 1.52. The van der Waals surface area contributed by atoms with E-state index in [1.165, 1.54) is 6.07 Å². The first-order chi connectivity index (χ1) is 7.63. The highest BCUT2D eigenvalue weighted by Crippen LogP contribution is 2.18. The highest BCUT2D eigenvalue weighted by molar-refractivity contribution is 5.29. The van der Waals surface area contributed by atoms with Crippen molar-refractivity contribution < 1.29 is 4.74 Å². The van der Waals surface area contributed by atoms with Crippen LogP contribution in [0.3, 0.4) is 0 Å². The first kappa shape index (κ1) is 10.4. The van der Waals surface area contributed by atoms with E-state index >= 15 is 0 Å². The average molecular weight is 216 g/mol. The second-order valence-corrected chi connectivity index (χ2v) is 3.58. The van der Waals surface area contributed by atoms with Gasteiger partial charge in [0.15, 0.2) is 0 Å². The van der Waals surface area contributed by atoms with Gasteiger partial charge in [0.05, 0.1) is 6.07 Å². The molecule has 0 fully saturated rings. The summed E-state index contributed by atoms with van der Waals surface area (Å²) in [6.45, 7) is 3.71. The topological polar surface area (TPSA) is 55.0 Å². The fraction of sp³-hybridized carbons (Fsp3) is 0.167. The van der Waals surface area contributed by atoms with Crippen LogP contribution in [0.25, 0.3) is 0 Å². The lowest BCUT2D eigenvalue weighted by molar-refractivity contribution is 0.458. The molecule has 4 nitrogen and oxygen atoms in total. The first-order valence-corrected chi connectivity index (χ1v) is 4.96. The molecule has 1 aromatic carbocycles. The Hall–Kier alpha value is -2.10. The van der Waals surface area contributed by atoms with E-state index in [1.54, 1.807) is 6.92 Å². The summed E-state index contributed by atoms with van der Waals surface area (Å²) >= 11 is 0. The van der Waals surface area contributed by atoms with Crippen LogP contribution in [0.1, 0.15) is 11.4 Å². The number of benzene rings is 1. The van der Waals surface area contributed by atoms with Crippen molar-refractivity contribution in [2.45, 2.75) is 13.8 Å². The summed E-state index contributed by atoms with van der Waals surface area (Å²) in [6.07, 6.45) is 0. The molecule has 1 heterocycles. The molecule has 1 N–H and O–H groups in total. The minimum absolute atomic E-state index is 0.213. The summed E-state index contributed by atoms with van der Waals surface area (Å²) < 4.78 is 5.46. The van der Waals surface area contributed by atoms with E-state index < -0.39 is 0 Å². The lowest BCUT2D eigenvalue weighted by atomic mass is 10.2. The molecule has 0 saturated carbocycles. The Morgan fingerprint density at radius 3 is 2.50 bits per heavy atom. The third kappa shape index (κ3) is 2.48. The molecule has 2 rings (SSSR count). The number of nitrogens with one attached hydrogen (secondary N) is 1. The number of hydrogen-bond donors (Lipinski definition) is 1. The Balaban J connectivity index is 2.26. The van der Waals surface area contributed by atoms with Crippen LogP contribution in [0.4, 0.5) is 0 Å². The van der Waals surface area contributed by atoms with Gasteiger partial charge in [-0.05, 0) is 26.0 Å². The van der Waals surface area contributed by atoms with Crippen molar-refractivity contribution in [2.24, 2.45) is 0 Å². The number of aromatic amines is 1. The Bertz CT molecular complexity index is 544. The maximum Gasteiger partial charge on any atom is 0.254 e. The van der Waals surface area contributed by atoms with Crippen molar-refractivity contribution in [3.8, 4) is 11.6 Å². The number of hydrogen-bond acceptors (Lipinski definition) is 3. The molecule has 0 aliphatic carbocycles. The molecule has 1 aromatic heterocycles. The highest BCUT2D eigenvalue weighted by atomic mass is 16.5. The molecule has 0 amide bonds. The first-order valence-electron chi connectivity index (χ1n) is 4.96. The maximum atomic E-state index is 11.2. The van der Waals surface area contributed by atoms with Gasteiger partial charge in [-0.2, -0.15) is 0 Å². The van der Waals surface area contributed by atoms with E-state index in [2.05, 4.69) is 9.97 Å². The minimum atomic E-state index is -0.213. The van der Waals surface area contributed by atoms with Crippen LogP contribution in [0.2, 0.25) is 0 Å². The van der Waals surface area contributed by atoms with Crippen LogP contribution >= 0.6 is 0 Å². The van der Waals surface area contributed by atoms with Crippen LogP contribution in [0, 0.1) is 13.8 Å². The zero-order valence-corrected chi connectivity index (χ0v) is 9.15. The van der Waals surface area contributed by atoms with Gasteiger partial charge in [-0.1, -0.05) is 17.7 Å². The minimum Gasteiger partial charge on any atom is -0.439 e. The molecule has 0 saturated heterocycles. The Kier molecular flexibility index (Phi) is 2.72. The second-order valence-electron chi connectivity index (χ2n) is 3.58. The van der Waals surface area contributed by atoms with Gasteiger partial charge in [0.1, 0.15) is 11.6 Å². The van der Waals surface area contributed by atoms with Gasteiger partial charge in [0.2, 0.25) is 5.88 Å². The fourth-order valence-corrected chi connectivity index (χ4v) is 1.33. The van der Waals surface area contributed by atoms with Crippen molar-refractivity contribution in [1.82, 2.24) is 9.97 Å². The van der Waals surface area contributed by atoms with E-state index in [9.17, 15) is 4.79 Å². The average Bonchev–Trinajstić information content (AvgIpc) is 2.20. The van der Waals surface area contributed by atoms with Crippen LogP contribution < -0.4 is 10.3 Å². The van der Waals surface area contributed by atoms with Crippen molar-refractivity contribution in [3.05, 3.63) is 52.1 Å². The fourth-order valence-electron chi connectivity index (χ4n) is 1.33. The number of ether oxygens (including phenoxy) is 1. The second kappa shape index (κ2) is 4.18. The molecule has 0 spiro atoms. The molecular weight excluding hydrogens is 204 g/mol. The van der Waals surface area contributed by atoms with Gasteiger partial charge < -0.3 is 9.72 Å². The van der Waals surface area contributed by atoms with E-state index in [1.807, 2.05) is 31.2 Å². The van der Waals surface area contributed by atoms with Gasteiger partial charge in [-0.15, -0.1) is 0 Å². The van der Waals surface area contributed by atoms with E-state index in [0.29, 0.717) is 17.5 Å². The van der Waals surface area contributed by atoms with E-state index in [-0.39, 0.29) is 5.56 Å². The van der Waals surface area contributed by atoms with Gasteiger partial charge >= 0.3 is 0 Å². The molecule has 0 unspecified atom stereocenters. The molecule has 0 atom stereocenters. The summed E-state index contributed by atoms with van der Waals surface area (Å²) in [7, 11) is 0. The van der Waals surface area contributed by atoms with Crippen LogP contribution in [-0.4, -0.2) is 9.97 Å². The smallest absolute Gasteiger partial charge is 0.254 e. The summed E-state index contributed by atoms with van der Waals surface area (Å²) in [5.41, 5.74) is 0.942. The van der Waals surface area contributed by atoms with Crippen LogP contribution in [0.5, 0.6) is 11.6 Å². The highest BCUT2D eigenvalue weighted by Gasteiger charge is 2.00. The number of H-pyrrole nitrogens is 1. The molecule has 2 aromatic rings. The van der Waals surface area contributed by atoms with E-state index in [4.69, 9.17) is 4.74 Å². The number of nitrogens with zero attached hydrogens (tertiary/aromatic N) is 1. The van der Waals surface area contributed by atoms with Crippen molar-refractivity contribution in [2.75, 3.05) is 0 Å². The lowest BCUT2D eigenvalue weighted by Crippen LogP contribution is -2.08. The third-order valence-electron chi connectivity index (χ3n) is 2.08. The summed E-state index contributed by atoms with van der Waals surface area (Å²) in [6, 6.07) is 8.89. The van der Waals surface area contributed by atoms with Crippen molar-refractivity contribution in [3.63, 3.8) is 0 Å². The van der Waals surface area contributed by atoms with Gasteiger partial charge in [0.25, 0.3) is 5.56 Å². The Morgan fingerprint density at radius 2 is 1.88 bits per heavy atom. The van der Waals surface area contributed by atoms with Crippen molar-refractivity contribution in [1.29, 1.82) is 0 Å². The number of aryl methyl sites for hydroxylation is 2.